The van der Waals surface area contributed by atoms with Gasteiger partial charge in [-0.15, -0.1) is 0 Å². The van der Waals surface area contributed by atoms with Gasteiger partial charge in [-0.05, 0) is 36.6 Å². The second-order valence-electron chi connectivity index (χ2n) is 6.36. The van der Waals surface area contributed by atoms with Crippen LogP contribution in [0.5, 0.6) is 5.75 Å². The van der Waals surface area contributed by atoms with Crippen LogP contribution < -0.4 is 15.4 Å². The van der Waals surface area contributed by atoms with Crippen molar-refractivity contribution in [3.8, 4) is 5.75 Å². The molecule has 3 N–H and O–H groups in total. The highest BCUT2D eigenvalue weighted by Crippen LogP contribution is 2.30. The molecule has 1 aliphatic carbocycles. The van der Waals surface area contributed by atoms with Crippen molar-refractivity contribution < 1.29 is 24.2 Å². The molecule has 2 aromatic rings. The molecular weight excluding hydrogens is 348 g/mol. The number of ether oxygens (including phenoxy) is 1. The van der Waals surface area contributed by atoms with Gasteiger partial charge in [0.25, 0.3) is 5.91 Å². The number of carbonyl (C=O) groups excluding carboxylic acids is 2. The van der Waals surface area contributed by atoms with Gasteiger partial charge in [-0.25, -0.2) is 0 Å². The number of anilines is 2. The van der Waals surface area contributed by atoms with E-state index in [-0.39, 0.29) is 24.9 Å². The van der Waals surface area contributed by atoms with E-state index in [1.165, 1.54) is 0 Å². The first-order valence-corrected chi connectivity index (χ1v) is 8.64. The van der Waals surface area contributed by atoms with E-state index in [0.29, 0.717) is 22.7 Å². The lowest BCUT2D eigenvalue weighted by atomic mass is 10.1. The Kier molecular flexibility index (Phi) is 5.71. The summed E-state index contributed by atoms with van der Waals surface area (Å²) in [4.78, 5) is 34.8. The number of carboxylic acids is 1. The van der Waals surface area contributed by atoms with Crippen LogP contribution in [-0.2, 0) is 20.8 Å². The number of hydrogen-bond donors (Lipinski definition) is 3. The number of carboxylic acid groups (broad SMARTS) is 1. The molecule has 1 fully saturated rings. The van der Waals surface area contributed by atoms with Gasteiger partial charge in [0.05, 0.1) is 6.42 Å². The van der Waals surface area contributed by atoms with E-state index in [9.17, 15) is 14.4 Å². The highest BCUT2D eigenvalue weighted by Gasteiger charge is 2.29. The van der Waals surface area contributed by atoms with Crippen molar-refractivity contribution in [1.29, 1.82) is 0 Å². The molecule has 0 atom stereocenters. The normalized spacial score (nSPS) is 12.9. The van der Waals surface area contributed by atoms with Gasteiger partial charge in [0.1, 0.15) is 5.75 Å². The van der Waals surface area contributed by atoms with Gasteiger partial charge in [-0.1, -0.05) is 24.3 Å². The van der Waals surface area contributed by atoms with Gasteiger partial charge in [0.15, 0.2) is 6.61 Å². The third kappa shape index (κ3) is 5.57. The van der Waals surface area contributed by atoms with Crippen molar-refractivity contribution in [2.45, 2.75) is 19.3 Å². The summed E-state index contributed by atoms with van der Waals surface area (Å²) in [5.74, 6) is -0.818. The Morgan fingerprint density at radius 3 is 2.56 bits per heavy atom. The van der Waals surface area contributed by atoms with Crippen LogP contribution in [-0.4, -0.2) is 29.5 Å². The molecule has 2 amide bonds. The van der Waals surface area contributed by atoms with E-state index in [1.807, 2.05) is 0 Å². The fraction of sp³-hybridized carbons (Fsp3) is 0.250. The second kappa shape index (κ2) is 8.35. The average Bonchev–Trinajstić information content (AvgIpc) is 3.47. The molecule has 0 heterocycles. The van der Waals surface area contributed by atoms with Gasteiger partial charge in [0.2, 0.25) is 5.91 Å². The monoisotopic (exact) mass is 368 g/mol. The average molecular weight is 368 g/mol. The third-order valence-corrected chi connectivity index (χ3v) is 4.05. The number of aliphatic carboxylic acids is 1. The van der Waals surface area contributed by atoms with E-state index in [2.05, 4.69) is 10.6 Å². The molecule has 1 aliphatic rings. The summed E-state index contributed by atoms with van der Waals surface area (Å²) in [5, 5.41) is 14.4. The van der Waals surface area contributed by atoms with E-state index in [0.717, 1.165) is 12.8 Å². The number of amides is 2. The van der Waals surface area contributed by atoms with Crippen molar-refractivity contribution in [3.63, 3.8) is 0 Å². The van der Waals surface area contributed by atoms with Gasteiger partial charge in [0, 0.05) is 23.4 Å². The Morgan fingerprint density at radius 2 is 1.81 bits per heavy atom. The number of carbonyl (C=O) groups is 3. The zero-order valence-corrected chi connectivity index (χ0v) is 14.6. The first-order chi connectivity index (χ1) is 13.0. The van der Waals surface area contributed by atoms with E-state index in [1.54, 1.807) is 48.5 Å². The summed E-state index contributed by atoms with van der Waals surface area (Å²) in [5.41, 5.74) is 1.58. The van der Waals surface area contributed by atoms with Crippen LogP contribution in [0.1, 0.15) is 18.4 Å². The number of nitrogens with one attached hydrogen (secondary N) is 2. The summed E-state index contributed by atoms with van der Waals surface area (Å²) >= 11 is 0. The van der Waals surface area contributed by atoms with Crippen LogP contribution in [0.2, 0.25) is 0 Å². The Morgan fingerprint density at radius 1 is 1.04 bits per heavy atom. The van der Waals surface area contributed by atoms with Crippen LogP contribution in [0, 0.1) is 5.92 Å². The molecular formula is C20H20N2O5. The summed E-state index contributed by atoms with van der Waals surface area (Å²) in [6.45, 7) is -0.235. The van der Waals surface area contributed by atoms with E-state index >= 15 is 0 Å². The Balaban J connectivity index is 1.55. The molecule has 3 rings (SSSR count). The molecule has 0 aromatic heterocycles. The lowest BCUT2D eigenvalue weighted by Gasteiger charge is -2.11. The number of hydrogen-bond acceptors (Lipinski definition) is 4. The maximum Gasteiger partial charge on any atom is 0.307 e. The van der Waals surface area contributed by atoms with Crippen molar-refractivity contribution in [2.24, 2.45) is 5.92 Å². The van der Waals surface area contributed by atoms with Crippen LogP contribution in [0.4, 0.5) is 11.4 Å². The number of rotatable bonds is 8. The third-order valence-electron chi connectivity index (χ3n) is 4.05. The minimum atomic E-state index is -0.974. The predicted octanol–water partition coefficient (Wildman–Crippen LogP) is 2.68. The summed E-state index contributed by atoms with van der Waals surface area (Å²) in [7, 11) is 0. The first-order valence-electron chi connectivity index (χ1n) is 8.64. The quantitative estimate of drug-likeness (QED) is 0.664. The van der Waals surface area contributed by atoms with Crippen molar-refractivity contribution in [1.82, 2.24) is 0 Å². The molecule has 0 aliphatic heterocycles. The summed E-state index contributed by atoms with van der Waals surface area (Å²) in [6.07, 6.45) is 1.66. The fourth-order valence-electron chi connectivity index (χ4n) is 2.55. The van der Waals surface area contributed by atoms with Crippen molar-refractivity contribution >= 4 is 29.2 Å². The zero-order chi connectivity index (χ0) is 19.2. The first kappa shape index (κ1) is 18.4. The Bertz CT molecular complexity index is 861. The van der Waals surface area contributed by atoms with Crippen LogP contribution in [0.3, 0.4) is 0 Å². The highest BCUT2D eigenvalue weighted by molar-refractivity contribution is 5.94. The van der Waals surface area contributed by atoms with Gasteiger partial charge < -0.3 is 20.5 Å². The maximum absolute atomic E-state index is 12.1. The number of benzene rings is 2. The molecule has 0 unspecified atom stereocenters. The lowest BCUT2D eigenvalue weighted by Crippen LogP contribution is -2.21. The molecule has 140 valence electrons. The molecule has 7 nitrogen and oxygen atoms in total. The zero-order valence-electron chi connectivity index (χ0n) is 14.6. The smallest absolute Gasteiger partial charge is 0.307 e. The molecule has 7 heteroatoms. The SMILES string of the molecule is O=C(O)Cc1ccccc1NC(=O)COc1cccc(NC(=O)C2CC2)c1. The van der Waals surface area contributed by atoms with Gasteiger partial charge in [-0.2, -0.15) is 0 Å². The molecule has 1 saturated carbocycles. The molecule has 0 spiro atoms. The van der Waals surface area contributed by atoms with Gasteiger partial charge in [-0.3, -0.25) is 14.4 Å². The minimum Gasteiger partial charge on any atom is -0.484 e. The predicted molar refractivity (Wildman–Crippen MR) is 99.7 cm³/mol. The van der Waals surface area contributed by atoms with Crippen LogP contribution in [0.15, 0.2) is 48.5 Å². The lowest BCUT2D eigenvalue weighted by molar-refractivity contribution is -0.136. The Labute approximate surface area is 156 Å². The second-order valence-corrected chi connectivity index (χ2v) is 6.36. The highest BCUT2D eigenvalue weighted by atomic mass is 16.5. The molecule has 2 aromatic carbocycles. The van der Waals surface area contributed by atoms with Crippen LogP contribution >= 0.6 is 0 Å². The molecule has 27 heavy (non-hydrogen) atoms. The topological polar surface area (TPSA) is 105 Å². The number of para-hydroxylation sites is 1. The van der Waals surface area contributed by atoms with Crippen LogP contribution in [0.25, 0.3) is 0 Å². The Hall–Kier alpha value is -3.35. The molecule has 0 bridgehead atoms. The fourth-order valence-corrected chi connectivity index (χ4v) is 2.55. The maximum atomic E-state index is 12.1. The molecule has 0 radical (unpaired) electrons. The van der Waals surface area contributed by atoms with E-state index < -0.39 is 11.9 Å². The van der Waals surface area contributed by atoms with Crippen molar-refractivity contribution in [2.75, 3.05) is 17.2 Å². The standard InChI is InChI=1S/C20H20N2O5/c23-18(22-17-7-2-1-4-14(17)10-19(24)25)12-27-16-6-3-5-15(11-16)21-20(26)13-8-9-13/h1-7,11,13H,8-10,12H2,(H,21,26)(H,22,23)(H,24,25). The van der Waals surface area contributed by atoms with Crippen molar-refractivity contribution in [3.05, 3.63) is 54.1 Å². The molecule has 0 saturated heterocycles. The van der Waals surface area contributed by atoms with Gasteiger partial charge >= 0.3 is 5.97 Å². The summed E-state index contributed by atoms with van der Waals surface area (Å²) < 4.78 is 5.48. The van der Waals surface area contributed by atoms with E-state index in [4.69, 9.17) is 9.84 Å². The minimum absolute atomic E-state index is 0.0000643. The largest absolute Gasteiger partial charge is 0.484 e. The summed E-state index contributed by atoms with van der Waals surface area (Å²) in [6, 6.07) is 13.6.